The second kappa shape index (κ2) is 8.45. The van der Waals surface area contributed by atoms with Crippen molar-refractivity contribution in [3.8, 4) is 11.1 Å². The summed E-state index contributed by atoms with van der Waals surface area (Å²) in [5.74, 6) is -0.472. The molecule has 2 fully saturated rings. The van der Waals surface area contributed by atoms with Crippen LogP contribution in [-0.2, 0) is 11.3 Å². The van der Waals surface area contributed by atoms with Crippen molar-refractivity contribution in [2.45, 2.75) is 44.8 Å². The Labute approximate surface area is 187 Å². The molecule has 4 atom stereocenters. The summed E-state index contributed by atoms with van der Waals surface area (Å²) in [7, 11) is 0. The molecule has 5 rings (SSSR count). The van der Waals surface area contributed by atoms with Crippen LogP contribution in [0.3, 0.4) is 0 Å². The van der Waals surface area contributed by atoms with Crippen LogP contribution in [0.2, 0.25) is 0 Å². The Kier molecular flexibility index (Phi) is 5.63. The maximum Gasteiger partial charge on any atom is 0.258 e. The normalized spacial score (nSPS) is 26.7. The van der Waals surface area contributed by atoms with Gasteiger partial charge in [-0.25, -0.2) is 4.39 Å². The van der Waals surface area contributed by atoms with Gasteiger partial charge >= 0.3 is 0 Å². The van der Waals surface area contributed by atoms with E-state index in [9.17, 15) is 19.1 Å². The van der Waals surface area contributed by atoms with Crippen LogP contribution in [0.4, 0.5) is 4.39 Å². The summed E-state index contributed by atoms with van der Waals surface area (Å²) in [5.41, 5.74) is 1.63. The standard InChI is InChI=1S/C25H30FN3O3/c1-2-10-28-21-13-29-20(9-8-18(25(29)32)16-4-3-5-17(26)11-16)23(28)22(19(21)14-30)24(31)27-12-15-6-7-15/h3-5,8-9,11,15,19,21-23,30H,2,6-7,10,12-14H2,1H3,(H,27,31)/t19-,21-,22+,23+/m1/s1. The molecule has 7 heteroatoms. The number of aliphatic hydroxyl groups is 1. The Morgan fingerprint density at radius 3 is 2.75 bits per heavy atom. The number of nitrogens with zero attached hydrogens (tertiary/aromatic N) is 2. The predicted octanol–water partition coefficient (Wildman–Crippen LogP) is 2.55. The van der Waals surface area contributed by atoms with Gasteiger partial charge in [0.25, 0.3) is 5.56 Å². The Hall–Kier alpha value is -2.51. The predicted molar refractivity (Wildman–Crippen MR) is 119 cm³/mol. The van der Waals surface area contributed by atoms with Gasteiger partial charge in [-0.3, -0.25) is 14.5 Å². The summed E-state index contributed by atoms with van der Waals surface area (Å²) in [6.45, 7) is 3.92. The molecule has 3 aliphatic rings. The van der Waals surface area contributed by atoms with Gasteiger partial charge in [-0.15, -0.1) is 0 Å². The van der Waals surface area contributed by atoms with E-state index in [2.05, 4.69) is 17.1 Å². The summed E-state index contributed by atoms with van der Waals surface area (Å²) >= 11 is 0. The van der Waals surface area contributed by atoms with Crippen LogP contribution in [0.5, 0.6) is 0 Å². The molecule has 170 valence electrons. The van der Waals surface area contributed by atoms with Gasteiger partial charge in [0.1, 0.15) is 5.82 Å². The molecule has 1 aromatic heterocycles. The van der Waals surface area contributed by atoms with E-state index in [0.717, 1.165) is 31.5 Å². The fraction of sp³-hybridized carbons (Fsp3) is 0.520. The molecule has 3 heterocycles. The van der Waals surface area contributed by atoms with Crippen molar-refractivity contribution in [2.24, 2.45) is 17.8 Å². The van der Waals surface area contributed by atoms with Gasteiger partial charge < -0.3 is 15.0 Å². The highest BCUT2D eigenvalue weighted by Gasteiger charge is 2.55. The summed E-state index contributed by atoms with van der Waals surface area (Å²) < 4.78 is 15.5. The van der Waals surface area contributed by atoms with Crippen LogP contribution in [0.15, 0.2) is 41.2 Å². The molecule has 1 aromatic carbocycles. The van der Waals surface area contributed by atoms with Crippen molar-refractivity contribution in [3.05, 3.63) is 58.3 Å². The third kappa shape index (κ3) is 3.57. The largest absolute Gasteiger partial charge is 0.396 e. The van der Waals surface area contributed by atoms with Crippen molar-refractivity contribution >= 4 is 5.91 Å². The first kappa shape index (κ1) is 21.3. The number of hydrogen-bond donors (Lipinski definition) is 2. The number of aromatic nitrogens is 1. The SMILES string of the molecule is CCCN1[C@@H]2Cn3c(ccc(-c4cccc(F)c4)c3=O)[C@H]1[C@@H](C(=O)NCC1CC1)[C@@H]2CO. The fourth-order valence-corrected chi connectivity index (χ4v) is 5.65. The van der Waals surface area contributed by atoms with Crippen LogP contribution in [0.25, 0.3) is 11.1 Å². The Morgan fingerprint density at radius 2 is 2.06 bits per heavy atom. The van der Waals surface area contributed by atoms with E-state index < -0.39 is 5.92 Å². The molecule has 2 aliphatic heterocycles. The summed E-state index contributed by atoms with van der Waals surface area (Å²) in [5, 5.41) is 13.4. The fourth-order valence-electron chi connectivity index (χ4n) is 5.65. The van der Waals surface area contributed by atoms with E-state index in [1.165, 1.54) is 12.1 Å². The average Bonchev–Trinajstić information content (AvgIpc) is 3.58. The minimum absolute atomic E-state index is 0.0281. The third-order valence-corrected chi connectivity index (χ3v) is 7.35. The highest BCUT2D eigenvalue weighted by Crippen LogP contribution is 2.48. The third-order valence-electron chi connectivity index (χ3n) is 7.35. The number of halogens is 1. The van der Waals surface area contributed by atoms with Gasteiger partial charge in [-0.05, 0) is 61.6 Å². The maximum atomic E-state index is 13.8. The highest BCUT2D eigenvalue weighted by molar-refractivity contribution is 5.81. The molecule has 1 saturated heterocycles. The molecule has 1 amide bonds. The number of fused-ring (bicyclic) bond motifs is 4. The highest BCUT2D eigenvalue weighted by atomic mass is 19.1. The quantitative estimate of drug-likeness (QED) is 0.696. The lowest BCUT2D eigenvalue weighted by Gasteiger charge is -2.38. The van der Waals surface area contributed by atoms with Gasteiger partial charge in [0, 0.05) is 42.9 Å². The number of carbonyl (C=O) groups excluding carboxylic acids is 1. The Morgan fingerprint density at radius 1 is 1.25 bits per heavy atom. The van der Waals surface area contributed by atoms with E-state index in [1.807, 2.05) is 6.07 Å². The Bertz CT molecular complexity index is 1080. The van der Waals surface area contributed by atoms with Crippen molar-refractivity contribution in [2.75, 3.05) is 19.7 Å². The molecular weight excluding hydrogens is 409 g/mol. The van der Waals surface area contributed by atoms with E-state index in [4.69, 9.17) is 0 Å². The smallest absolute Gasteiger partial charge is 0.258 e. The number of hydrogen-bond acceptors (Lipinski definition) is 4. The van der Waals surface area contributed by atoms with Crippen LogP contribution < -0.4 is 10.9 Å². The van der Waals surface area contributed by atoms with Gasteiger partial charge in [-0.1, -0.05) is 19.1 Å². The van der Waals surface area contributed by atoms with E-state index in [0.29, 0.717) is 30.1 Å². The first-order valence-electron chi connectivity index (χ1n) is 11.7. The number of benzene rings is 1. The van der Waals surface area contributed by atoms with Gasteiger partial charge in [0.05, 0.1) is 12.0 Å². The Balaban J connectivity index is 1.56. The second-order valence-corrected chi connectivity index (χ2v) is 9.41. The molecular formula is C25H30FN3O3. The number of aliphatic hydroxyl groups excluding tert-OH is 1. The number of rotatable bonds is 7. The van der Waals surface area contributed by atoms with Crippen molar-refractivity contribution in [1.82, 2.24) is 14.8 Å². The molecule has 0 spiro atoms. The number of carbonyl (C=O) groups is 1. The molecule has 1 saturated carbocycles. The summed E-state index contributed by atoms with van der Waals surface area (Å²) in [6.07, 6.45) is 3.24. The first-order valence-corrected chi connectivity index (χ1v) is 11.7. The zero-order valence-electron chi connectivity index (χ0n) is 18.3. The lowest BCUT2D eigenvalue weighted by Crippen LogP contribution is -2.47. The zero-order chi connectivity index (χ0) is 22.4. The van der Waals surface area contributed by atoms with E-state index in [1.54, 1.807) is 22.8 Å². The molecule has 2 N–H and O–H groups in total. The minimum atomic E-state index is -0.400. The van der Waals surface area contributed by atoms with Crippen LogP contribution in [0.1, 0.15) is 37.9 Å². The molecule has 32 heavy (non-hydrogen) atoms. The maximum absolute atomic E-state index is 13.8. The first-order chi connectivity index (χ1) is 15.5. The van der Waals surface area contributed by atoms with Crippen LogP contribution >= 0.6 is 0 Å². The van der Waals surface area contributed by atoms with Crippen molar-refractivity contribution < 1.29 is 14.3 Å². The molecule has 6 nitrogen and oxygen atoms in total. The molecule has 0 radical (unpaired) electrons. The lowest BCUT2D eigenvalue weighted by atomic mass is 9.86. The molecule has 2 bridgehead atoms. The van der Waals surface area contributed by atoms with Crippen LogP contribution in [0, 0.1) is 23.6 Å². The minimum Gasteiger partial charge on any atom is -0.396 e. The summed E-state index contributed by atoms with van der Waals surface area (Å²) in [4.78, 5) is 29.0. The van der Waals surface area contributed by atoms with Gasteiger partial charge in [-0.2, -0.15) is 0 Å². The van der Waals surface area contributed by atoms with Crippen molar-refractivity contribution in [1.29, 1.82) is 0 Å². The lowest BCUT2D eigenvalue weighted by molar-refractivity contribution is -0.127. The number of amides is 1. The molecule has 2 aromatic rings. The van der Waals surface area contributed by atoms with Crippen molar-refractivity contribution in [3.63, 3.8) is 0 Å². The topological polar surface area (TPSA) is 74.6 Å². The number of nitrogens with one attached hydrogen (secondary N) is 1. The van der Waals surface area contributed by atoms with E-state index >= 15 is 0 Å². The second-order valence-electron chi connectivity index (χ2n) is 9.41. The zero-order valence-corrected chi connectivity index (χ0v) is 18.3. The monoisotopic (exact) mass is 439 g/mol. The molecule has 1 aliphatic carbocycles. The number of pyridine rings is 1. The van der Waals surface area contributed by atoms with Gasteiger partial charge in [0.15, 0.2) is 0 Å². The molecule has 0 unspecified atom stereocenters. The summed E-state index contributed by atoms with van der Waals surface area (Å²) in [6, 6.07) is 9.38. The van der Waals surface area contributed by atoms with Gasteiger partial charge in [0.2, 0.25) is 5.91 Å². The van der Waals surface area contributed by atoms with Crippen LogP contribution in [-0.4, -0.2) is 46.2 Å². The average molecular weight is 440 g/mol. The van der Waals surface area contributed by atoms with E-state index in [-0.39, 0.29) is 41.9 Å².